The monoisotopic (exact) mass is 382 g/mol. The van der Waals surface area contributed by atoms with Crippen molar-refractivity contribution in [2.45, 2.75) is 26.3 Å². The average Bonchev–Trinajstić information content (AvgIpc) is 2.52. The molecule has 0 radical (unpaired) electrons. The molecule has 0 fully saturated rings. The minimum absolute atomic E-state index is 0.0836. The molecule has 7 heteroatoms. The number of carbonyl (C=O) groups excluding carboxylic acids is 2. The summed E-state index contributed by atoms with van der Waals surface area (Å²) in [7, 11) is 1.49. The van der Waals surface area contributed by atoms with E-state index in [0.29, 0.717) is 10.2 Å². The van der Waals surface area contributed by atoms with Crippen LogP contribution in [-0.2, 0) is 9.53 Å². The first-order chi connectivity index (χ1) is 10.7. The number of nitrogens with zero attached hydrogens (tertiary/aromatic N) is 1. The second kappa shape index (κ2) is 7.97. The highest BCUT2D eigenvalue weighted by atomic mass is 79.9. The van der Waals surface area contributed by atoms with Crippen molar-refractivity contribution in [1.29, 1.82) is 5.26 Å². The lowest BCUT2D eigenvalue weighted by Crippen LogP contribution is -2.50. The number of carbonyl (C=O) groups is 2. The Kier molecular flexibility index (Phi) is 6.58. The normalized spacial score (nSPS) is 12.9. The summed E-state index contributed by atoms with van der Waals surface area (Å²) in [6, 6.07) is 6.91. The minimum atomic E-state index is -1.01. The first-order valence-electron chi connectivity index (χ1n) is 6.96. The molecule has 0 aliphatic carbocycles. The van der Waals surface area contributed by atoms with Crippen LogP contribution in [0.15, 0.2) is 22.7 Å². The van der Waals surface area contributed by atoms with Gasteiger partial charge >= 0.3 is 5.97 Å². The predicted octanol–water partition coefficient (Wildman–Crippen LogP) is 2.67. The molecule has 0 saturated heterocycles. The molecule has 0 unspecified atom stereocenters. The van der Waals surface area contributed by atoms with E-state index in [-0.39, 0.29) is 11.5 Å². The van der Waals surface area contributed by atoms with E-state index in [2.05, 4.69) is 27.3 Å². The number of halogens is 1. The number of amides is 1. The largest absolute Gasteiger partial charge is 0.497 e. The van der Waals surface area contributed by atoms with Gasteiger partial charge in [0.1, 0.15) is 11.3 Å². The number of esters is 1. The highest BCUT2D eigenvalue weighted by Gasteiger charge is 2.30. The number of rotatable bonds is 6. The molecule has 0 bridgehead atoms. The van der Waals surface area contributed by atoms with Gasteiger partial charge in [-0.15, -0.1) is 0 Å². The molecule has 1 rings (SSSR count). The quantitative estimate of drug-likeness (QED) is 0.763. The second-order valence-corrected chi connectivity index (χ2v) is 6.29. The molecule has 1 N–H and O–H groups in total. The van der Waals surface area contributed by atoms with Crippen molar-refractivity contribution < 1.29 is 19.1 Å². The Labute approximate surface area is 143 Å². The fourth-order valence-electron chi connectivity index (χ4n) is 1.62. The molecule has 0 aliphatic rings. The number of methoxy groups -OCH3 is 1. The molecular weight excluding hydrogens is 364 g/mol. The Morgan fingerprint density at radius 1 is 1.43 bits per heavy atom. The third kappa shape index (κ3) is 4.96. The number of ether oxygens (including phenoxy) is 2. The maximum Gasteiger partial charge on any atom is 0.339 e. The van der Waals surface area contributed by atoms with Crippen LogP contribution in [-0.4, -0.2) is 31.1 Å². The summed E-state index contributed by atoms with van der Waals surface area (Å²) in [4.78, 5) is 23.9. The zero-order valence-electron chi connectivity index (χ0n) is 13.5. The molecule has 0 heterocycles. The Bertz CT molecular complexity index is 639. The Morgan fingerprint density at radius 2 is 2.09 bits per heavy atom. The number of benzene rings is 1. The molecule has 1 aromatic rings. The molecule has 0 spiro atoms. The topological polar surface area (TPSA) is 88.4 Å². The van der Waals surface area contributed by atoms with Crippen LogP contribution in [0.1, 0.15) is 31.1 Å². The standard InChI is InChI=1S/C16H19BrN2O4/c1-10(2)16(3,9-18)19-14(20)8-23-15(21)12-7-11(22-4)5-6-13(12)17/h5-7,10H,8H2,1-4H3,(H,19,20)/t16-/m0/s1. The van der Waals surface area contributed by atoms with Crippen LogP contribution in [0.3, 0.4) is 0 Å². The zero-order valence-corrected chi connectivity index (χ0v) is 15.1. The van der Waals surface area contributed by atoms with Gasteiger partial charge in [0.15, 0.2) is 6.61 Å². The van der Waals surface area contributed by atoms with Gasteiger partial charge in [-0.05, 0) is 47.0 Å². The summed E-state index contributed by atoms with van der Waals surface area (Å²) >= 11 is 3.25. The maximum absolute atomic E-state index is 12.1. The first-order valence-corrected chi connectivity index (χ1v) is 7.75. The van der Waals surface area contributed by atoms with Crippen molar-refractivity contribution in [2.24, 2.45) is 5.92 Å². The molecule has 1 atom stereocenters. The van der Waals surface area contributed by atoms with Gasteiger partial charge in [0.2, 0.25) is 0 Å². The van der Waals surface area contributed by atoms with Gasteiger partial charge in [0.25, 0.3) is 5.91 Å². The highest BCUT2D eigenvalue weighted by molar-refractivity contribution is 9.10. The third-order valence-corrected chi connectivity index (χ3v) is 4.21. The van der Waals surface area contributed by atoms with Gasteiger partial charge in [-0.25, -0.2) is 4.79 Å². The van der Waals surface area contributed by atoms with E-state index in [9.17, 15) is 9.59 Å². The van der Waals surface area contributed by atoms with E-state index >= 15 is 0 Å². The average molecular weight is 383 g/mol. The summed E-state index contributed by atoms with van der Waals surface area (Å²) in [6.45, 7) is 4.80. The van der Waals surface area contributed by atoms with Gasteiger partial charge in [-0.3, -0.25) is 4.79 Å². The molecule has 0 aromatic heterocycles. The molecule has 1 amide bonds. The van der Waals surface area contributed by atoms with Crippen LogP contribution in [0.25, 0.3) is 0 Å². The fourth-order valence-corrected chi connectivity index (χ4v) is 2.03. The minimum Gasteiger partial charge on any atom is -0.497 e. The first kappa shape index (κ1) is 19.0. The number of hydrogen-bond donors (Lipinski definition) is 1. The van der Waals surface area contributed by atoms with Crippen LogP contribution in [0.2, 0.25) is 0 Å². The molecule has 23 heavy (non-hydrogen) atoms. The Balaban J connectivity index is 2.70. The van der Waals surface area contributed by atoms with E-state index < -0.39 is 24.0 Å². The second-order valence-electron chi connectivity index (χ2n) is 5.44. The van der Waals surface area contributed by atoms with Gasteiger partial charge in [0.05, 0.1) is 18.7 Å². The van der Waals surface area contributed by atoms with Crippen molar-refractivity contribution in [3.8, 4) is 11.8 Å². The molecule has 1 aromatic carbocycles. The zero-order chi connectivity index (χ0) is 17.6. The molecule has 0 saturated carbocycles. The van der Waals surface area contributed by atoms with E-state index in [4.69, 9.17) is 14.7 Å². The molecule has 124 valence electrons. The van der Waals surface area contributed by atoms with Crippen LogP contribution >= 0.6 is 15.9 Å². The molecule has 6 nitrogen and oxygen atoms in total. The summed E-state index contributed by atoms with van der Waals surface area (Å²) in [5, 5.41) is 11.7. The molecular formula is C16H19BrN2O4. The van der Waals surface area contributed by atoms with Crippen LogP contribution in [0.5, 0.6) is 5.75 Å². The third-order valence-electron chi connectivity index (χ3n) is 3.51. The summed E-state index contributed by atoms with van der Waals surface area (Å²) < 4.78 is 10.6. The Morgan fingerprint density at radius 3 is 2.61 bits per heavy atom. The Hall–Kier alpha value is -2.07. The van der Waals surface area contributed by atoms with Crippen molar-refractivity contribution in [2.75, 3.05) is 13.7 Å². The lowest BCUT2D eigenvalue weighted by atomic mass is 9.90. The van der Waals surface area contributed by atoms with E-state index in [1.807, 2.05) is 13.8 Å². The molecule has 0 aliphatic heterocycles. The number of nitriles is 1. The lowest BCUT2D eigenvalue weighted by molar-refractivity contribution is -0.125. The van der Waals surface area contributed by atoms with Crippen molar-refractivity contribution in [3.05, 3.63) is 28.2 Å². The fraction of sp³-hybridized carbons (Fsp3) is 0.438. The lowest BCUT2D eigenvalue weighted by Gasteiger charge is -2.27. The highest BCUT2D eigenvalue weighted by Crippen LogP contribution is 2.23. The summed E-state index contributed by atoms with van der Waals surface area (Å²) in [5.41, 5.74) is -0.760. The summed E-state index contributed by atoms with van der Waals surface area (Å²) in [6.07, 6.45) is 0. The van der Waals surface area contributed by atoms with Crippen LogP contribution in [0, 0.1) is 17.2 Å². The predicted molar refractivity (Wildman–Crippen MR) is 88.0 cm³/mol. The number of nitrogens with one attached hydrogen (secondary N) is 1. The maximum atomic E-state index is 12.1. The SMILES string of the molecule is COc1ccc(Br)c(C(=O)OCC(=O)N[C@@](C)(C#N)C(C)C)c1. The van der Waals surface area contributed by atoms with E-state index in [0.717, 1.165) is 0 Å². The van der Waals surface area contributed by atoms with Gasteiger partial charge < -0.3 is 14.8 Å². The van der Waals surface area contributed by atoms with Gasteiger partial charge in [-0.1, -0.05) is 13.8 Å². The van der Waals surface area contributed by atoms with Gasteiger partial charge in [0, 0.05) is 4.47 Å². The van der Waals surface area contributed by atoms with Gasteiger partial charge in [-0.2, -0.15) is 5.26 Å². The van der Waals surface area contributed by atoms with Crippen LogP contribution in [0.4, 0.5) is 0 Å². The van der Waals surface area contributed by atoms with E-state index in [1.54, 1.807) is 19.1 Å². The number of hydrogen-bond acceptors (Lipinski definition) is 5. The van der Waals surface area contributed by atoms with Crippen molar-refractivity contribution in [1.82, 2.24) is 5.32 Å². The smallest absolute Gasteiger partial charge is 0.339 e. The van der Waals surface area contributed by atoms with E-state index in [1.165, 1.54) is 13.2 Å². The van der Waals surface area contributed by atoms with Crippen molar-refractivity contribution >= 4 is 27.8 Å². The summed E-state index contributed by atoms with van der Waals surface area (Å²) in [5.74, 6) is -0.773. The van der Waals surface area contributed by atoms with Crippen molar-refractivity contribution in [3.63, 3.8) is 0 Å². The van der Waals surface area contributed by atoms with Crippen LogP contribution < -0.4 is 10.1 Å².